The maximum atomic E-state index is 5.80. The van der Waals surface area contributed by atoms with Gasteiger partial charge in [-0.2, -0.15) is 0 Å². The van der Waals surface area contributed by atoms with Gasteiger partial charge < -0.3 is 18.0 Å². The first-order valence-corrected chi connectivity index (χ1v) is 8.96. The Morgan fingerprint density at radius 2 is 1.80 bits per heavy atom. The van der Waals surface area contributed by atoms with Gasteiger partial charge in [0.2, 0.25) is 0 Å². The smallest absolute Gasteiger partial charge is 0.473 e. The average molecular weight is 296 g/mol. The van der Waals surface area contributed by atoms with Crippen LogP contribution in [0.15, 0.2) is 42.4 Å². The van der Waals surface area contributed by atoms with Crippen molar-refractivity contribution in [1.29, 1.82) is 0 Å². The Balaban J connectivity index is 2.87. The first-order chi connectivity index (χ1) is 9.54. The van der Waals surface area contributed by atoms with Gasteiger partial charge in [0.1, 0.15) is 0 Å². The van der Waals surface area contributed by atoms with Crippen LogP contribution in [0.2, 0.25) is 6.55 Å². The Hall–Kier alpha value is -1.30. The van der Waals surface area contributed by atoms with Gasteiger partial charge in [-0.25, -0.2) is 0 Å². The fraction of sp³-hybridized carbons (Fsp3) is 0.467. The van der Waals surface area contributed by atoms with Gasteiger partial charge in [-0.3, -0.25) is 0 Å². The summed E-state index contributed by atoms with van der Waals surface area (Å²) in [5, 5.41) is 0. The van der Waals surface area contributed by atoms with E-state index in [1.165, 1.54) is 5.56 Å². The molecule has 1 aromatic carbocycles. The minimum Gasteiger partial charge on any atom is -0.473 e. The van der Waals surface area contributed by atoms with Crippen LogP contribution in [-0.2, 0) is 18.0 Å². The van der Waals surface area contributed by atoms with E-state index in [0.717, 1.165) is 0 Å². The summed E-state index contributed by atoms with van der Waals surface area (Å²) in [5.41, 5.74) is 1.20. The first-order valence-electron chi connectivity index (χ1n) is 6.73. The fourth-order valence-corrected chi connectivity index (χ4v) is 2.49. The van der Waals surface area contributed by atoms with Crippen LogP contribution >= 0.6 is 0 Å². The number of allylic oxidation sites excluding steroid dienone is 1. The van der Waals surface area contributed by atoms with E-state index in [4.69, 9.17) is 18.0 Å². The molecule has 0 saturated heterocycles. The monoisotopic (exact) mass is 296 g/mol. The lowest BCUT2D eigenvalue weighted by atomic mass is 10.0. The maximum absolute atomic E-state index is 5.80. The Kier molecular flexibility index (Phi) is 6.77. The predicted octanol–water partition coefficient (Wildman–Crippen LogP) is 3.55. The van der Waals surface area contributed by atoms with Crippen LogP contribution in [0.4, 0.5) is 0 Å². The molecule has 0 spiro atoms. The quantitative estimate of drug-likeness (QED) is 0.543. The summed E-state index contributed by atoms with van der Waals surface area (Å²) >= 11 is 0. The third-order valence-corrected chi connectivity index (χ3v) is 5.08. The van der Waals surface area contributed by atoms with Crippen molar-refractivity contribution in [3.05, 3.63) is 47.9 Å². The molecule has 0 N–H and O–H groups in total. The SMILES string of the molecule is CCO/C(=C/[C@H](C)c1ccccc1)O[Si](C)(OC)OC. The molecule has 0 fully saturated rings. The second-order valence-electron chi connectivity index (χ2n) is 4.49. The third-order valence-electron chi connectivity index (χ3n) is 3.03. The molecule has 1 rings (SSSR count). The van der Waals surface area contributed by atoms with E-state index >= 15 is 0 Å². The predicted molar refractivity (Wildman–Crippen MR) is 81.3 cm³/mol. The van der Waals surface area contributed by atoms with Crippen molar-refractivity contribution in [2.75, 3.05) is 20.8 Å². The molecular weight excluding hydrogens is 272 g/mol. The summed E-state index contributed by atoms with van der Waals surface area (Å²) < 4.78 is 22.0. The summed E-state index contributed by atoms with van der Waals surface area (Å²) in [7, 11) is 0.508. The van der Waals surface area contributed by atoms with Crippen molar-refractivity contribution < 1.29 is 18.0 Å². The minimum atomic E-state index is -2.66. The molecule has 0 radical (unpaired) electrons. The lowest BCUT2D eigenvalue weighted by Gasteiger charge is -2.24. The first kappa shape index (κ1) is 16.8. The molecule has 0 bridgehead atoms. The second kappa shape index (κ2) is 8.09. The highest BCUT2D eigenvalue weighted by atomic mass is 28.4. The minimum absolute atomic E-state index is 0.185. The molecule has 5 heteroatoms. The normalized spacial score (nSPS) is 13.9. The molecule has 112 valence electrons. The summed E-state index contributed by atoms with van der Waals surface area (Å²) in [6.07, 6.45) is 1.95. The van der Waals surface area contributed by atoms with Gasteiger partial charge >= 0.3 is 8.80 Å². The van der Waals surface area contributed by atoms with Gasteiger partial charge in [-0.05, 0) is 12.5 Å². The van der Waals surface area contributed by atoms with Crippen molar-refractivity contribution in [3.63, 3.8) is 0 Å². The van der Waals surface area contributed by atoms with Crippen LogP contribution in [0.3, 0.4) is 0 Å². The van der Waals surface area contributed by atoms with Gasteiger partial charge in [0, 0.05) is 32.8 Å². The summed E-state index contributed by atoms with van der Waals surface area (Å²) in [6, 6.07) is 10.2. The Bertz CT molecular complexity index is 415. The molecule has 1 atom stereocenters. The van der Waals surface area contributed by atoms with Gasteiger partial charge in [0.25, 0.3) is 5.95 Å². The zero-order valence-corrected chi connectivity index (χ0v) is 13.9. The number of hydrogen-bond donors (Lipinski definition) is 0. The van der Waals surface area contributed by atoms with Crippen LogP contribution in [0.25, 0.3) is 0 Å². The molecule has 0 heterocycles. The van der Waals surface area contributed by atoms with Gasteiger partial charge in [-0.15, -0.1) is 0 Å². The molecule has 20 heavy (non-hydrogen) atoms. The van der Waals surface area contributed by atoms with Crippen LogP contribution in [0.5, 0.6) is 0 Å². The fourth-order valence-electron chi connectivity index (χ4n) is 1.66. The van der Waals surface area contributed by atoms with Crippen LogP contribution < -0.4 is 0 Å². The second-order valence-corrected chi connectivity index (χ2v) is 7.24. The molecule has 4 nitrogen and oxygen atoms in total. The molecule has 0 unspecified atom stereocenters. The van der Waals surface area contributed by atoms with E-state index < -0.39 is 8.80 Å². The highest BCUT2D eigenvalue weighted by molar-refractivity contribution is 6.59. The van der Waals surface area contributed by atoms with E-state index in [2.05, 4.69) is 19.1 Å². The van der Waals surface area contributed by atoms with Gasteiger partial charge in [0.15, 0.2) is 0 Å². The Morgan fingerprint density at radius 3 is 2.30 bits per heavy atom. The molecule has 0 aliphatic heterocycles. The Morgan fingerprint density at radius 1 is 1.20 bits per heavy atom. The van der Waals surface area contributed by atoms with Crippen LogP contribution in [-0.4, -0.2) is 29.6 Å². The molecule has 0 amide bonds. The molecule has 0 aromatic heterocycles. The van der Waals surface area contributed by atoms with Crippen molar-refractivity contribution in [3.8, 4) is 0 Å². The Labute approximate surface area is 122 Å². The number of hydrogen-bond acceptors (Lipinski definition) is 4. The number of rotatable bonds is 8. The van der Waals surface area contributed by atoms with Crippen molar-refractivity contribution >= 4 is 8.80 Å². The zero-order chi connectivity index (χ0) is 15.0. The van der Waals surface area contributed by atoms with Crippen molar-refractivity contribution in [2.24, 2.45) is 0 Å². The van der Waals surface area contributed by atoms with Gasteiger partial charge in [-0.1, -0.05) is 37.3 Å². The van der Waals surface area contributed by atoms with E-state index in [-0.39, 0.29) is 5.92 Å². The highest BCUT2D eigenvalue weighted by Gasteiger charge is 2.36. The number of benzene rings is 1. The van der Waals surface area contributed by atoms with E-state index in [1.54, 1.807) is 14.2 Å². The standard InChI is InChI=1S/C15H24O4Si/c1-6-18-15(19-20(5,16-3)17-4)12-13(2)14-10-8-7-9-11-14/h7-13H,6H2,1-5H3/b15-12-/t13-/m0/s1. The summed E-state index contributed by atoms with van der Waals surface area (Å²) in [4.78, 5) is 0. The van der Waals surface area contributed by atoms with E-state index in [0.29, 0.717) is 12.6 Å². The zero-order valence-electron chi connectivity index (χ0n) is 12.9. The van der Waals surface area contributed by atoms with E-state index in [9.17, 15) is 0 Å². The van der Waals surface area contributed by atoms with Crippen LogP contribution in [0, 0.1) is 0 Å². The highest BCUT2D eigenvalue weighted by Crippen LogP contribution is 2.21. The third kappa shape index (κ3) is 5.00. The lowest BCUT2D eigenvalue weighted by Crippen LogP contribution is -2.40. The van der Waals surface area contributed by atoms with Gasteiger partial charge in [0.05, 0.1) is 6.61 Å². The van der Waals surface area contributed by atoms with E-state index in [1.807, 2.05) is 37.7 Å². The van der Waals surface area contributed by atoms with Crippen molar-refractivity contribution in [2.45, 2.75) is 26.3 Å². The average Bonchev–Trinajstić information content (AvgIpc) is 2.48. The largest absolute Gasteiger partial charge is 0.564 e. The maximum Gasteiger partial charge on any atom is 0.564 e. The molecule has 1 aromatic rings. The topological polar surface area (TPSA) is 36.9 Å². The molecule has 0 saturated carbocycles. The molecule has 0 aliphatic carbocycles. The van der Waals surface area contributed by atoms with Crippen molar-refractivity contribution in [1.82, 2.24) is 0 Å². The molecule has 0 aliphatic rings. The number of ether oxygens (including phenoxy) is 1. The lowest BCUT2D eigenvalue weighted by molar-refractivity contribution is 0.0482. The summed E-state index contributed by atoms with van der Waals surface area (Å²) in [5.74, 6) is 0.645. The molecular formula is C15H24O4Si. The van der Waals surface area contributed by atoms with Crippen LogP contribution in [0.1, 0.15) is 25.3 Å². The summed E-state index contributed by atoms with van der Waals surface area (Å²) in [6.45, 7) is 6.37.